The van der Waals surface area contributed by atoms with Crippen molar-refractivity contribution in [3.8, 4) is 5.75 Å². The van der Waals surface area contributed by atoms with Gasteiger partial charge in [0, 0.05) is 17.0 Å². The summed E-state index contributed by atoms with van der Waals surface area (Å²) in [6.07, 6.45) is -0.0881. The summed E-state index contributed by atoms with van der Waals surface area (Å²) >= 11 is 6.49. The first kappa shape index (κ1) is 27.1. The molecule has 1 unspecified atom stereocenters. The summed E-state index contributed by atoms with van der Waals surface area (Å²) in [5, 5.41) is 12.7. The minimum Gasteiger partial charge on any atom is -0.497 e. The lowest BCUT2D eigenvalue weighted by Gasteiger charge is -2.17. The Hall–Kier alpha value is -4.09. The largest absolute Gasteiger partial charge is 0.497 e. The molecule has 1 N–H and O–H groups in total. The van der Waals surface area contributed by atoms with Crippen LogP contribution < -0.4 is 4.74 Å². The number of methoxy groups -OCH3 is 1. The summed E-state index contributed by atoms with van der Waals surface area (Å²) < 4.78 is 61.9. The molecular formula is C30H23ClN2O6S2. The van der Waals surface area contributed by atoms with E-state index in [1.165, 1.54) is 37.6 Å². The smallest absolute Gasteiger partial charge is 0.268 e. The Morgan fingerprint density at radius 1 is 0.756 bits per heavy atom. The molecule has 11 heteroatoms. The molecule has 2 aromatic heterocycles. The van der Waals surface area contributed by atoms with Crippen molar-refractivity contribution in [3.05, 3.63) is 126 Å². The highest BCUT2D eigenvalue weighted by Gasteiger charge is 2.28. The van der Waals surface area contributed by atoms with Crippen molar-refractivity contribution in [2.24, 2.45) is 0 Å². The van der Waals surface area contributed by atoms with E-state index in [0.29, 0.717) is 33.1 Å². The lowest BCUT2D eigenvalue weighted by molar-refractivity contribution is 0.215. The normalized spacial score (nSPS) is 13.0. The van der Waals surface area contributed by atoms with Gasteiger partial charge in [-0.25, -0.2) is 24.8 Å². The first-order valence-electron chi connectivity index (χ1n) is 12.4. The zero-order chi connectivity index (χ0) is 28.9. The second kappa shape index (κ2) is 10.1. The predicted octanol–water partition coefficient (Wildman–Crippen LogP) is 5.81. The Balaban J connectivity index is 1.52. The van der Waals surface area contributed by atoms with E-state index in [1.54, 1.807) is 78.9 Å². The van der Waals surface area contributed by atoms with Crippen molar-refractivity contribution < 1.29 is 26.7 Å². The number of aromatic nitrogens is 2. The molecule has 2 heterocycles. The topological polar surface area (TPSA) is 108 Å². The van der Waals surface area contributed by atoms with Gasteiger partial charge in [0.25, 0.3) is 20.0 Å². The molecule has 6 rings (SSSR count). The molecule has 0 amide bonds. The van der Waals surface area contributed by atoms with Gasteiger partial charge in [0.1, 0.15) is 11.9 Å². The highest BCUT2D eigenvalue weighted by molar-refractivity contribution is 7.90. The molecule has 208 valence electrons. The van der Waals surface area contributed by atoms with Crippen molar-refractivity contribution in [2.75, 3.05) is 7.11 Å². The molecule has 0 radical (unpaired) electrons. The van der Waals surface area contributed by atoms with Crippen LogP contribution in [-0.2, 0) is 20.0 Å². The van der Waals surface area contributed by atoms with Crippen LogP contribution in [0.3, 0.4) is 0 Å². The van der Waals surface area contributed by atoms with E-state index < -0.39 is 26.2 Å². The van der Waals surface area contributed by atoms with E-state index >= 15 is 0 Å². The molecular weight excluding hydrogens is 584 g/mol. The van der Waals surface area contributed by atoms with Crippen LogP contribution in [0.5, 0.6) is 5.75 Å². The minimum absolute atomic E-state index is 0.0588. The van der Waals surface area contributed by atoms with Crippen LogP contribution in [0, 0.1) is 0 Å². The average Bonchev–Trinajstić information content (AvgIpc) is 3.55. The lowest BCUT2D eigenvalue weighted by Crippen LogP contribution is -2.18. The number of fused-ring (bicyclic) bond motifs is 2. The number of hydrogen-bond donors (Lipinski definition) is 1. The summed E-state index contributed by atoms with van der Waals surface area (Å²) in [7, 11) is -6.54. The third kappa shape index (κ3) is 4.49. The van der Waals surface area contributed by atoms with Crippen LogP contribution in [0.1, 0.15) is 17.4 Å². The maximum Gasteiger partial charge on any atom is 0.268 e. The van der Waals surface area contributed by atoms with Gasteiger partial charge in [0.05, 0.1) is 38.7 Å². The molecule has 0 aliphatic rings. The van der Waals surface area contributed by atoms with Gasteiger partial charge >= 0.3 is 0 Å². The van der Waals surface area contributed by atoms with E-state index in [4.69, 9.17) is 16.3 Å². The van der Waals surface area contributed by atoms with E-state index in [2.05, 4.69) is 0 Å². The lowest BCUT2D eigenvalue weighted by atomic mass is 10.0. The van der Waals surface area contributed by atoms with E-state index in [0.717, 1.165) is 7.94 Å². The number of ether oxygens (including phenoxy) is 1. The Bertz CT molecular complexity index is 2140. The van der Waals surface area contributed by atoms with E-state index in [9.17, 15) is 21.9 Å². The third-order valence-corrected chi connectivity index (χ3v) is 10.7. The zero-order valence-corrected chi connectivity index (χ0v) is 23.9. The second-order valence-electron chi connectivity index (χ2n) is 9.35. The van der Waals surface area contributed by atoms with Crippen molar-refractivity contribution in [1.82, 2.24) is 7.94 Å². The Morgan fingerprint density at radius 2 is 1.37 bits per heavy atom. The highest BCUT2D eigenvalue weighted by atomic mass is 35.5. The number of nitrogens with zero attached hydrogens (tertiary/aromatic N) is 2. The quantitative estimate of drug-likeness (QED) is 0.246. The maximum atomic E-state index is 13.9. The number of halogens is 1. The van der Waals surface area contributed by atoms with Crippen molar-refractivity contribution in [3.63, 3.8) is 0 Å². The standard InChI is InChI=1S/C30H23ClN2O6S2/c1-39-22-13-15-27-21(16-22)18-29(33(27)41(37,38)24-10-6-3-7-11-24)30(34)20-12-14-28-25(17-20)26(31)19-32(28)40(35,36)23-8-4-2-5-9-23/h2-19,30,34H,1H3. The summed E-state index contributed by atoms with van der Waals surface area (Å²) in [6.45, 7) is 0. The first-order chi connectivity index (χ1) is 19.6. The van der Waals surface area contributed by atoms with Gasteiger partial charge in [-0.3, -0.25) is 0 Å². The zero-order valence-electron chi connectivity index (χ0n) is 21.5. The Morgan fingerprint density at radius 3 is 2.00 bits per heavy atom. The number of benzene rings is 4. The molecule has 0 fully saturated rings. The second-order valence-corrected chi connectivity index (χ2v) is 13.4. The molecule has 0 bridgehead atoms. The van der Waals surface area contributed by atoms with Crippen LogP contribution in [0.2, 0.25) is 5.02 Å². The first-order valence-corrected chi connectivity index (χ1v) is 15.7. The highest BCUT2D eigenvalue weighted by Crippen LogP contribution is 2.36. The van der Waals surface area contributed by atoms with Gasteiger partial charge in [-0.15, -0.1) is 0 Å². The fourth-order valence-electron chi connectivity index (χ4n) is 4.90. The van der Waals surface area contributed by atoms with Crippen LogP contribution in [0.15, 0.2) is 119 Å². The third-order valence-electron chi connectivity index (χ3n) is 6.91. The van der Waals surface area contributed by atoms with Crippen LogP contribution in [0.25, 0.3) is 21.8 Å². The van der Waals surface area contributed by atoms with Gasteiger partial charge in [-0.2, -0.15) is 0 Å². The van der Waals surface area contributed by atoms with Gasteiger partial charge in [-0.1, -0.05) is 54.1 Å². The average molecular weight is 607 g/mol. The van der Waals surface area contributed by atoms with E-state index in [-0.39, 0.29) is 20.5 Å². The van der Waals surface area contributed by atoms with Gasteiger partial charge in [-0.05, 0) is 66.2 Å². The molecule has 4 aromatic carbocycles. The number of rotatable bonds is 7. The molecule has 0 saturated heterocycles. The number of aliphatic hydroxyl groups excluding tert-OH is 1. The SMILES string of the molecule is COc1ccc2c(c1)cc(C(O)c1ccc3c(c1)c(Cl)cn3S(=O)(=O)c1ccccc1)n2S(=O)(=O)c1ccccc1. The van der Waals surface area contributed by atoms with Crippen LogP contribution in [-0.4, -0.2) is 37.0 Å². The molecule has 1 atom stereocenters. The predicted molar refractivity (Wildman–Crippen MR) is 158 cm³/mol. The summed E-state index contributed by atoms with van der Waals surface area (Å²) in [6, 6.07) is 27.2. The molecule has 0 saturated carbocycles. The number of hydrogen-bond acceptors (Lipinski definition) is 6. The Kier molecular flexibility index (Phi) is 6.66. The number of aliphatic hydroxyl groups is 1. The molecule has 0 aliphatic heterocycles. The van der Waals surface area contributed by atoms with Crippen molar-refractivity contribution in [2.45, 2.75) is 15.9 Å². The fraction of sp³-hybridized carbons (Fsp3) is 0.0667. The maximum absolute atomic E-state index is 13.9. The summed E-state index contributed by atoms with van der Waals surface area (Å²) in [4.78, 5) is 0.159. The van der Waals surface area contributed by atoms with Gasteiger partial charge in [0.2, 0.25) is 0 Å². The molecule has 41 heavy (non-hydrogen) atoms. The van der Waals surface area contributed by atoms with E-state index in [1.807, 2.05) is 0 Å². The van der Waals surface area contributed by atoms with Crippen LogP contribution in [0.4, 0.5) is 0 Å². The molecule has 0 aliphatic carbocycles. The molecule has 0 spiro atoms. The summed E-state index contributed by atoms with van der Waals surface area (Å²) in [5.41, 5.74) is 1.11. The monoisotopic (exact) mass is 606 g/mol. The van der Waals surface area contributed by atoms with Gasteiger partial charge < -0.3 is 9.84 Å². The van der Waals surface area contributed by atoms with Crippen LogP contribution >= 0.6 is 11.6 Å². The summed E-state index contributed by atoms with van der Waals surface area (Å²) in [5.74, 6) is 0.530. The van der Waals surface area contributed by atoms with Crippen molar-refractivity contribution >= 4 is 53.5 Å². The van der Waals surface area contributed by atoms with Gasteiger partial charge in [0.15, 0.2) is 0 Å². The Labute approximate surface area is 241 Å². The minimum atomic E-state index is -4.12. The fourth-order valence-corrected chi connectivity index (χ4v) is 8.16. The molecule has 8 nitrogen and oxygen atoms in total. The van der Waals surface area contributed by atoms with Crippen molar-refractivity contribution in [1.29, 1.82) is 0 Å². The molecule has 6 aromatic rings.